The van der Waals surface area contributed by atoms with Gasteiger partial charge in [-0.15, -0.1) is 0 Å². The summed E-state index contributed by atoms with van der Waals surface area (Å²) in [5, 5.41) is 7.22. The molecule has 17 aromatic carbocycles. The van der Waals surface area contributed by atoms with E-state index in [1.54, 1.807) is 0 Å². The molecular weight excluding hydrogens is 1360 g/mol. The van der Waals surface area contributed by atoms with Gasteiger partial charge in [-0.25, -0.2) is 29.9 Å². The molecule has 0 fully saturated rings. The van der Waals surface area contributed by atoms with E-state index in [9.17, 15) is 0 Å². The first-order valence-electron chi connectivity index (χ1n) is 37.8. The number of benzene rings is 17. The minimum absolute atomic E-state index is 0.635. The number of aromatic nitrogens is 6. The highest BCUT2D eigenvalue weighted by Crippen LogP contribution is 2.48. The van der Waals surface area contributed by atoms with Gasteiger partial charge in [0.2, 0.25) is 0 Å². The summed E-state index contributed by atoms with van der Waals surface area (Å²) in [6.07, 6.45) is 0. The molecule has 0 aliphatic carbocycles. The Morgan fingerprint density at radius 2 is 0.393 bits per heavy atom. The quantitative estimate of drug-likeness (QED) is 0.0709. The van der Waals surface area contributed by atoms with Gasteiger partial charge in [-0.1, -0.05) is 425 Å². The molecule has 2 heterocycles. The van der Waals surface area contributed by atoms with Crippen molar-refractivity contribution in [1.82, 2.24) is 29.9 Å². The Morgan fingerprint density at radius 3 is 0.759 bits per heavy atom. The SMILES string of the molecule is c1ccc(/C(=C(\c2ccccc2)c2ccc3ccccc3c2)c2cccc(-c3ccc(-c4nc(-c5ccccc5)nc(-c5ccccc5)n4)cc3)c2)cc1.c1ccc(C(=C(c2ccccc2)c2c3ccccc3c(-c3ccc(-c4nc(-c5ccccc5)nc(-c5ccccc5)n4)cc3)c3ccccc23)c2ccccc2)cc1. The maximum Gasteiger partial charge on any atom is 0.164 e. The maximum absolute atomic E-state index is 5.00. The topological polar surface area (TPSA) is 77.3 Å². The standard InChI is InChI=1S/C55H37N3.C51H35N3/c1-6-20-38(21-7-1)49(39-22-8-2-9-23-39)51(40-24-10-3-11-25-40)52-47-32-18-16-30-45(47)50(46-31-17-19-33-48(46)52)41-34-36-44(37-35-41)55-57-53(42-26-12-4-13-27-42)56-54(58-55)43-28-14-5-15-29-43;1-5-17-38(18-6-1)47(48(39-19-7-2-8-20-39)46-33-30-36-16-13-14-25-43(36)35-46)45-27-15-26-44(34-45)37-28-31-42(32-29-37)51-53-49(40-21-9-3-10-22-40)52-50(54-51)41-23-11-4-12-24-41/h1-37H;1-35H/b;48-47-. The zero-order valence-corrected chi connectivity index (χ0v) is 61.3. The van der Waals surface area contributed by atoms with Crippen molar-refractivity contribution < 1.29 is 0 Å². The average Bonchev–Trinajstić information content (AvgIpc) is 0.724. The van der Waals surface area contributed by atoms with Gasteiger partial charge in [-0.3, -0.25) is 0 Å². The van der Waals surface area contributed by atoms with Crippen LogP contribution in [0.15, 0.2) is 437 Å². The smallest absolute Gasteiger partial charge is 0.164 e. The number of nitrogens with zero attached hydrogens (tertiary/aromatic N) is 6. The molecule has 19 rings (SSSR count). The van der Waals surface area contributed by atoms with Crippen LogP contribution in [0.4, 0.5) is 0 Å². The second kappa shape index (κ2) is 31.8. The number of rotatable bonds is 16. The molecule has 0 N–H and O–H groups in total. The van der Waals surface area contributed by atoms with E-state index in [1.165, 1.54) is 93.6 Å². The van der Waals surface area contributed by atoms with E-state index in [1.807, 2.05) is 121 Å². The second-order valence-corrected chi connectivity index (χ2v) is 27.5. The van der Waals surface area contributed by atoms with E-state index in [4.69, 9.17) is 29.9 Å². The number of hydrogen-bond donors (Lipinski definition) is 0. The van der Waals surface area contributed by atoms with Gasteiger partial charge in [0.05, 0.1) is 0 Å². The molecule has 0 spiro atoms. The third kappa shape index (κ3) is 14.5. The Morgan fingerprint density at radius 1 is 0.143 bits per heavy atom. The minimum atomic E-state index is 0.635. The lowest BCUT2D eigenvalue weighted by atomic mass is 9.80. The first-order chi connectivity index (χ1) is 55.6. The molecular formula is C106H72N6. The predicted octanol–water partition coefficient (Wildman–Crippen LogP) is 26.6. The summed E-state index contributed by atoms with van der Waals surface area (Å²) in [5.74, 6) is 3.87. The van der Waals surface area contributed by atoms with Crippen LogP contribution in [-0.2, 0) is 0 Å². The Bertz CT molecular complexity index is 6370. The summed E-state index contributed by atoms with van der Waals surface area (Å²) in [7, 11) is 0. The van der Waals surface area contributed by atoms with Gasteiger partial charge in [0.1, 0.15) is 0 Å². The molecule has 0 aliphatic heterocycles. The molecule has 6 nitrogen and oxygen atoms in total. The summed E-state index contributed by atoms with van der Waals surface area (Å²) in [6.45, 7) is 0. The Labute approximate surface area is 652 Å². The molecule has 0 saturated carbocycles. The van der Waals surface area contributed by atoms with Crippen LogP contribution in [0.3, 0.4) is 0 Å². The normalized spacial score (nSPS) is 11.4. The van der Waals surface area contributed by atoms with Gasteiger partial charge in [0.25, 0.3) is 0 Å². The van der Waals surface area contributed by atoms with E-state index in [-0.39, 0.29) is 0 Å². The average molecular weight is 1430 g/mol. The van der Waals surface area contributed by atoms with Gasteiger partial charge in [-0.2, -0.15) is 0 Å². The third-order valence-corrected chi connectivity index (χ3v) is 20.5. The van der Waals surface area contributed by atoms with E-state index in [0.717, 1.165) is 61.2 Å². The lowest BCUT2D eigenvalue weighted by Gasteiger charge is -2.23. The van der Waals surface area contributed by atoms with Gasteiger partial charge >= 0.3 is 0 Å². The van der Waals surface area contributed by atoms with Crippen LogP contribution in [0.25, 0.3) is 145 Å². The summed E-state index contributed by atoms with van der Waals surface area (Å²) in [6, 6.07) is 154. The fourth-order valence-corrected chi connectivity index (χ4v) is 15.2. The highest BCUT2D eigenvalue weighted by atomic mass is 15.0. The van der Waals surface area contributed by atoms with E-state index >= 15 is 0 Å². The highest BCUT2D eigenvalue weighted by molar-refractivity contribution is 6.23. The Kier molecular flexibility index (Phi) is 19.6. The van der Waals surface area contributed by atoms with Crippen LogP contribution < -0.4 is 0 Å². The van der Waals surface area contributed by atoms with Crippen molar-refractivity contribution >= 4 is 54.6 Å². The van der Waals surface area contributed by atoms with Crippen molar-refractivity contribution in [3.63, 3.8) is 0 Å². The first kappa shape index (κ1) is 68.8. The van der Waals surface area contributed by atoms with Crippen LogP contribution in [0.5, 0.6) is 0 Å². The lowest BCUT2D eigenvalue weighted by molar-refractivity contribution is 1.07. The molecule has 0 saturated heterocycles. The summed E-state index contributed by atoms with van der Waals surface area (Å²) >= 11 is 0. The molecule has 0 atom stereocenters. The van der Waals surface area contributed by atoms with E-state index < -0.39 is 0 Å². The molecule has 2 aromatic heterocycles. The van der Waals surface area contributed by atoms with Gasteiger partial charge in [0.15, 0.2) is 34.9 Å². The minimum Gasteiger partial charge on any atom is -0.208 e. The fourth-order valence-electron chi connectivity index (χ4n) is 15.2. The highest BCUT2D eigenvalue weighted by Gasteiger charge is 2.25. The van der Waals surface area contributed by atoms with Gasteiger partial charge in [0, 0.05) is 33.4 Å². The number of fused-ring (bicyclic) bond motifs is 3. The molecule has 112 heavy (non-hydrogen) atoms. The van der Waals surface area contributed by atoms with Crippen molar-refractivity contribution in [2.45, 2.75) is 0 Å². The zero-order valence-electron chi connectivity index (χ0n) is 61.3. The predicted molar refractivity (Wildman–Crippen MR) is 464 cm³/mol. The summed E-state index contributed by atoms with van der Waals surface area (Å²) in [4.78, 5) is 29.6. The van der Waals surface area contributed by atoms with E-state index in [0.29, 0.717) is 34.9 Å². The van der Waals surface area contributed by atoms with Crippen molar-refractivity contribution in [2.24, 2.45) is 0 Å². The maximum atomic E-state index is 5.00. The van der Waals surface area contributed by atoms with Crippen LogP contribution in [0, 0.1) is 0 Å². The van der Waals surface area contributed by atoms with Crippen LogP contribution in [0.2, 0.25) is 0 Å². The molecule has 0 unspecified atom stereocenters. The molecule has 0 amide bonds. The monoisotopic (exact) mass is 1430 g/mol. The molecule has 0 bridgehead atoms. The molecule has 0 aliphatic rings. The van der Waals surface area contributed by atoms with Crippen molar-refractivity contribution in [2.75, 3.05) is 0 Å². The molecule has 0 radical (unpaired) electrons. The summed E-state index contributed by atoms with van der Waals surface area (Å²) < 4.78 is 0. The van der Waals surface area contributed by atoms with Gasteiger partial charge in [-0.05, 0) is 134 Å². The summed E-state index contributed by atoms with van der Waals surface area (Å²) in [5.41, 5.74) is 24.4. The Hall–Kier alpha value is -15.0. The van der Waals surface area contributed by atoms with Crippen LogP contribution >= 0.6 is 0 Å². The lowest BCUT2D eigenvalue weighted by Crippen LogP contribution is -2.01. The number of hydrogen-bond acceptors (Lipinski definition) is 6. The fraction of sp³-hybridized carbons (Fsp3) is 0. The second-order valence-electron chi connectivity index (χ2n) is 27.5. The third-order valence-electron chi connectivity index (χ3n) is 20.5. The molecule has 6 heteroatoms. The van der Waals surface area contributed by atoms with Gasteiger partial charge < -0.3 is 0 Å². The largest absolute Gasteiger partial charge is 0.208 e. The van der Waals surface area contributed by atoms with Crippen LogP contribution in [0.1, 0.15) is 44.5 Å². The molecule has 526 valence electrons. The Balaban J connectivity index is 0.000000157. The van der Waals surface area contributed by atoms with Crippen LogP contribution in [-0.4, -0.2) is 29.9 Å². The van der Waals surface area contributed by atoms with E-state index in [2.05, 4.69) is 315 Å². The molecule has 19 aromatic rings. The van der Waals surface area contributed by atoms with Crippen molar-refractivity contribution in [1.29, 1.82) is 0 Å². The van der Waals surface area contributed by atoms with Crippen molar-refractivity contribution in [3.8, 4) is 90.6 Å². The first-order valence-corrected chi connectivity index (χ1v) is 37.8. The van der Waals surface area contributed by atoms with Crippen molar-refractivity contribution in [3.05, 3.63) is 481 Å². The zero-order chi connectivity index (χ0) is 74.8.